The van der Waals surface area contributed by atoms with Crippen molar-refractivity contribution in [1.82, 2.24) is 20.5 Å². The van der Waals surface area contributed by atoms with Crippen LogP contribution in [0.4, 0.5) is 5.82 Å². The van der Waals surface area contributed by atoms with E-state index in [1.165, 1.54) is 0 Å². The number of anilines is 1. The summed E-state index contributed by atoms with van der Waals surface area (Å²) in [6, 6.07) is 4.07. The molecule has 0 amide bonds. The summed E-state index contributed by atoms with van der Waals surface area (Å²) in [5.74, 6) is 1.79. The molecule has 1 heterocycles. The summed E-state index contributed by atoms with van der Waals surface area (Å²) in [6.45, 7) is 7.21. The number of aliphatic imine (C=N–C) groups is 1. The second-order valence-corrected chi connectivity index (χ2v) is 6.19. The van der Waals surface area contributed by atoms with Crippen molar-refractivity contribution in [2.75, 3.05) is 65.9 Å². The number of halogens is 1. The van der Waals surface area contributed by atoms with E-state index in [2.05, 4.69) is 45.5 Å². The molecule has 0 aromatic carbocycles. The molecule has 1 aromatic rings. The minimum atomic E-state index is 0. The fraction of sp³-hybridized carbons (Fsp3) is 0.667. The Balaban J connectivity index is 0.00000625. The highest BCUT2D eigenvalue weighted by Gasteiger charge is 2.02. The van der Waals surface area contributed by atoms with Gasteiger partial charge in [-0.15, -0.1) is 24.0 Å². The Kier molecular flexibility index (Phi) is 14.3. The molecule has 0 bridgehead atoms. The van der Waals surface area contributed by atoms with Crippen LogP contribution in [0.3, 0.4) is 0 Å². The third-order valence-electron chi connectivity index (χ3n) is 3.71. The van der Waals surface area contributed by atoms with Gasteiger partial charge in [-0.3, -0.25) is 0 Å². The first kappa shape index (κ1) is 24.9. The van der Waals surface area contributed by atoms with E-state index >= 15 is 0 Å². The molecule has 0 saturated carbocycles. The van der Waals surface area contributed by atoms with Crippen molar-refractivity contribution < 1.29 is 4.74 Å². The molecule has 8 heteroatoms. The van der Waals surface area contributed by atoms with Crippen LogP contribution in [-0.4, -0.2) is 76.9 Å². The zero-order valence-electron chi connectivity index (χ0n) is 16.8. The predicted octanol–water partition coefficient (Wildman–Crippen LogP) is 1.79. The predicted molar refractivity (Wildman–Crippen MR) is 121 cm³/mol. The largest absolute Gasteiger partial charge is 0.385 e. The number of methoxy groups -OCH3 is 1. The first-order valence-electron chi connectivity index (χ1n) is 8.88. The Hall–Kier alpha value is -1.13. The van der Waals surface area contributed by atoms with E-state index in [4.69, 9.17) is 4.74 Å². The van der Waals surface area contributed by atoms with Crippen LogP contribution < -0.4 is 15.5 Å². The number of guanidine groups is 1. The van der Waals surface area contributed by atoms with Crippen LogP contribution in [0.15, 0.2) is 23.3 Å². The summed E-state index contributed by atoms with van der Waals surface area (Å²) in [5, 5.41) is 6.68. The Bertz CT molecular complexity index is 512. The molecule has 0 spiro atoms. The fourth-order valence-electron chi connectivity index (χ4n) is 2.27. The van der Waals surface area contributed by atoms with Crippen molar-refractivity contribution in [2.45, 2.75) is 19.9 Å². The van der Waals surface area contributed by atoms with Crippen LogP contribution in [-0.2, 0) is 11.3 Å². The van der Waals surface area contributed by atoms with Crippen LogP contribution in [0.2, 0.25) is 0 Å². The van der Waals surface area contributed by atoms with Gasteiger partial charge in [0.1, 0.15) is 5.82 Å². The van der Waals surface area contributed by atoms with Gasteiger partial charge >= 0.3 is 0 Å². The molecule has 0 unspecified atom stereocenters. The van der Waals surface area contributed by atoms with Gasteiger partial charge in [-0.05, 0) is 38.1 Å². The van der Waals surface area contributed by atoms with Gasteiger partial charge in [0.15, 0.2) is 5.96 Å². The van der Waals surface area contributed by atoms with E-state index in [0.29, 0.717) is 6.54 Å². The SMILES string of the molecule is CCNC(=NCc1ccnc(N(C)C)c1)NCCN(C)CCCOC.I. The second kappa shape index (κ2) is 15.0. The molecule has 0 aliphatic carbocycles. The summed E-state index contributed by atoms with van der Waals surface area (Å²) < 4.78 is 5.09. The third-order valence-corrected chi connectivity index (χ3v) is 3.71. The highest BCUT2D eigenvalue weighted by molar-refractivity contribution is 14.0. The van der Waals surface area contributed by atoms with E-state index in [-0.39, 0.29) is 24.0 Å². The Morgan fingerprint density at radius 3 is 2.65 bits per heavy atom. The number of aromatic nitrogens is 1. The normalized spacial score (nSPS) is 11.2. The van der Waals surface area contributed by atoms with E-state index in [0.717, 1.165) is 56.5 Å². The monoisotopic (exact) mass is 478 g/mol. The van der Waals surface area contributed by atoms with Crippen molar-refractivity contribution >= 4 is 35.8 Å². The van der Waals surface area contributed by atoms with Crippen LogP contribution in [0.5, 0.6) is 0 Å². The average molecular weight is 478 g/mol. The zero-order valence-corrected chi connectivity index (χ0v) is 19.1. The van der Waals surface area contributed by atoms with Crippen molar-refractivity contribution in [1.29, 1.82) is 0 Å². The molecular weight excluding hydrogens is 443 g/mol. The van der Waals surface area contributed by atoms with Crippen molar-refractivity contribution in [2.24, 2.45) is 4.99 Å². The maximum absolute atomic E-state index is 5.09. The summed E-state index contributed by atoms with van der Waals surface area (Å²) in [4.78, 5) is 13.3. The topological polar surface area (TPSA) is 65.0 Å². The molecule has 26 heavy (non-hydrogen) atoms. The Morgan fingerprint density at radius 2 is 2.00 bits per heavy atom. The first-order valence-corrected chi connectivity index (χ1v) is 8.88. The van der Waals surface area contributed by atoms with Crippen LogP contribution in [0.25, 0.3) is 0 Å². The number of hydrogen-bond acceptors (Lipinski definition) is 5. The van der Waals surface area contributed by atoms with Gasteiger partial charge in [-0.2, -0.15) is 0 Å². The van der Waals surface area contributed by atoms with Gasteiger partial charge in [0.05, 0.1) is 6.54 Å². The molecule has 0 aliphatic heterocycles. The summed E-state index contributed by atoms with van der Waals surface area (Å²) in [7, 11) is 7.85. The summed E-state index contributed by atoms with van der Waals surface area (Å²) >= 11 is 0. The van der Waals surface area contributed by atoms with Gasteiger partial charge < -0.3 is 25.2 Å². The lowest BCUT2D eigenvalue weighted by Crippen LogP contribution is -2.41. The molecule has 0 radical (unpaired) electrons. The molecule has 1 aromatic heterocycles. The quantitative estimate of drug-likeness (QED) is 0.219. The van der Waals surface area contributed by atoms with Crippen LogP contribution in [0, 0.1) is 0 Å². The third kappa shape index (κ3) is 10.8. The molecular formula is C18H35IN6O. The lowest BCUT2D eigenvalue weighted by molar-refractivity contribution is 0.180. The minimum absolute atomic E-state index is 0. The molecule has 0 atom stereocenters. The Morgan fingerprint density at radius 1 is 1.23 bits per heavy atom. The van der Waals surface area contributed by atoms with Gasteiger partial charge in [-0.25, -0.2) is 9.98 Å². The van der Waals surface area contributed by atoms with Gasteiger partial charge in [0.25, 0.3) is 0 Å². The molecule has 7 nitrogen and oxygen atoms in total. The molecule has 2 N–H and O–H groups in total. The van der Waals surface area contributed by atoms with E-state index < -0.39 is 0 Å². The molecule has 0 saturated heterocycles. The number of rotatable bonds is 11. The van der Waals surface area contributed by atoms with Crippen LogP contribution >= 0.6 is 24.0 Å². The molecule has 150 valence electrons. The van der Waals surface area contributed by atoms with Crippen molar-refractivity contribution in [3.63, 3.8) is 0 Å². The van der Waals surface area contributed by atoms with E-state index in [9.17, 15) is 0 Å². The highest BCUT2D eigenvalue weighted by atomic mass is 127. The lowest BCUT2D eigenvalue weighted by atomic mass is 10.2. The summed E-state index contributed by atoms with van der Waals surface area (Å²) in [6.07, 6.45) is 2.88. The number of nitrogens with one attached hydrogen (secondary N) is 2. The smallest absolute Gasteiger partial charge is 0.191 e. The number of pyridine rings is 1. The van der Waals surface area contributed by atoms with E-state index in [1.807, 2.05) is 31.3 Å². The van der Waals surface area contributed by atoms with Crippen molar-refractivity contribution in [3.05, 3.63) is 23.9 Å². The van der Waals surface area contributed by atoms with Gasteiger partial charge in [0.2, 0.25) is 0 Å². The Labute approximate surface area is 175 Å². The van der Waals surface area contributed by atoms with Crippen LogP contribution in [0.1, 0.15) is 18.9 Å². The van der Waals surface area contributed by atoms with E-state index in [1.54, 1.807) is 7.11 Å². The van der Waals surface area contributed by atoms with Gasteiger partial charge in [0, 0.05) is 60.2 Å². The number of likely N-dealkylation sites (N-methyl/N-ethyl adjacent to an activating group) is 1. The number of ether oxygens (including phenoxy) is 1. The van der Waals surface area contributed by atoms with Crippen molar-refractivity contribution in [3.8, 4) is 0 Å². The number of nitrogens with zero attached hydrogens (tertiary/aromatic N) is 4. The zero-order chi connectivity index (χ0) is 18.5. The lowest BCUT2D eigenvalue weighted by Gasteiger charge is -2.18. The average Bonchev–Trinajstić information content (AvgIpc) is 2.60. The molecule has 0 aliphatic rings. The minimum Gasteiger partial charge on any atom is -0.385 e. The highest BCUT2D eigenvalue weighted by Crippen LogP contribution is 2.10. The molecule has 0 fully saturated rings. The maximum Gasteiger partial charge on any atom is 0.191 e. The maximum atomic E-state index is 5.09. The first-order chi connectivity index (χ1) is 12.1. The summed E-state index contributed by atoms with van der Waals surface area (Å²) in [5.41, 5.74) is 1.15. The molecule has 1 rings (SSSR count). The second-order valence-electron chi connectivity index (χ2n) is 6.19. The van der Waals surface area contributed by atoms with Gasteiger partial charge in [-0.1, -0.05) is 0 Å². The standard InChI is InChI=1S/C18H34N6O.HI/c1-6-19-18(21-10-12-24(4)11-7-13-25-5)22-15-16-8-9-20-17(14-16)23(2)3;/h8-9,14H,6-7,10-13,15H2,1-5H3,(H2,19,21,22);1H. The number of hydrogen-bond donors (Lipinski definition) is 2. The fourth-order valence-corrected chi connectivity index (χ4v) is 2.27.